The van der Waals surface area contributed by atoms with Crippen LogP contribution in [0.1, 0.15) is 28.7 Å². The Morgan fingerprint density at radius 3 is 3.00 bits per heavy atom. The maximum atomic E-state index is 12.1. The standard InChI is InChI=1S/C12H16N4OS/c1-3-16-11(10(13)8(2)15-16)12(17)14-6-9-4-5-18-7-9/h4-5,7H,3,6,13H2,1-2H3,(H,14,17). The molecule has 0 aliphatic rings. The highest BCUT2D eigenvalue weighted by molar-refractivity contribution is 7.07. The number of hydrogen-bond donors (Lipinski definition) is 2. The van der Waals surface area contributed by atoms with Crippen molar-refractivity contribution in [3.8, 4) is 0 Å². The van der Waals surface area contributed by atoms with Crippen LogP contribution in [-0.2, 0) is 13.1 Å². The molecule has 0 fully saturated rings. The maximum absolute atomic E-state index is 12.1. The quantitative estimate of drug-likeness (QED) is 0.884. The van der Waals surface area contributed by atoms with E-state index in [0.717, 1.165) is 5.56 Å². The molecule has 0 aromatic carbocycles. The summed E-state index contributed by atoms with van der Waals surface area (Å²) in [7, 11) is 0. The van der Waals surface area contributed by atoms with Crippen molar-refractivity contribution in [3.05, 3.63) is 33.8 Å². The average molecular weight is 264 g/mol. The molecule has 0 radical (unpaired) electrons. The molecule has 2 rings (SSSR count). The van der Waals surface area contributed by atoms with Crippen molar-refractivity contribution >= 4 is 22.9 Å². The van der Waals surface area contributed by atoms with Crippen LogP contribution in [0.25, 0.3) is 0 Å². The molecular weight excluding hydrogens is 248 g/mol. The summed E-state index contributed by atoms with van der Waals surface area (Å²) < 4.78 is 1.63. The minimum Gasteiger partial charge on any atom is -0.395 e. The zero-order valence-corrected chi connectivity index (χ0v) is 11.3. The van der Waals surface area contributed by atoms with E-state index < -0.39 is 0 Å². The van der Waals surface area contributed by atoms with E-state index >= 15 is 0 Å². The molecule has 0 aliphatic carbocycles. The number of nitrogens with two attached hydrogens (primary N) is 1. The number of aromatic nitrogens is 2. The van der Waals surface area contributed by atoms with E-state index in [9.17, 15) is 4.79 Å². The van der Waals surface area contributed by atoms with E-state index in [0.29, 0.717) is 30.2 Å². The Kier molecular flexibility index (Phi) is 3.66. The lowest BCUT2D eigenvalue weighted by atomic mass is 10.2. The van der Waals surface area contributed by atoms with Gasteiger partial charge in [-0.25, -0.2) is 0 Å². The van der Waals surface area contributed by atoms with Crippen molar-refractivity contribution in [2.24, 2.45) is 0 Å². The molecule has 2 aromatic heterocycles. The van der Waals surface area contributed by atoms with Crippen LogP contribution in [0.15, 0.2) is 16.8 Å². The molecule has 0 saturated heterocycles. The van der Waals surface area contributed by atoms with Gasteiger partial charge in [0.25, 0.3) is 5.91 Å². The first-order valence-corrected chi connectivity index (χ1v) is 6.70. The zero-order chi connectivity index (χ0) is 13.1. The van der Waals surface area contributed by atoms with Crippen molar-refractivity contribution in [1.29, 1.82) is 0 Å². The van der Waals surface area contributed by atoms with Crippen LogP contribution >= 0.6 is 11.3 Å². The maximum Gasteiger partial charge on any atom is 0.271 e. The second-order valence-electron chi connectivity index (χ2n) is 3.98. The summed E-state index contributed by atoms with van der Waals surface area (Å²) in [6, 6.07) is 1.98. The van der Waals surface area contributed by atoms with Crippen molar-refractivity contribution in [2.45, 2.75) is 26.9 Å². The lowest BCUT2D eigenvalue weighted by molar-refractivity contribution is 0.0941. The van der Waals surface area contributed by atoms with Crippen LogP contribution in [0.4, 0.5) is 5.69 Å². The van der Waals surface area contributed by atoms with Gasteiger partial charge in [0, 0.05) is 13.1 Å². The van der Waals surface area contributed by atoms with Gasteiger partial charge in [0.2, 0.25) is 0 Å². The van der Waals surface area contributed by atoms with Crippen LogP contribution < -0.4 is 11.1 Å². The second-order valence-corrected chi connectivity index (χ2v) is 4.76. The number of anilines is 1. The van der Waals surface area contributed by atoms with Crippen molar-refractivity contribution in [1.82, 2.24) is 15.1 Å². The Bertz CT molecular complexity index is 545. The van der Waals surface area contributed by atoms with Gasteiger partial charge in [-0.1, -0.05) is 0 Å². The number of carbonyl (C=O) groups excluding carboxylic acids is 1. The lowest BCUT2D eigenvalue weighted by Gasteiger charge is -2.06. The molecule has 0 bridgehead atoms. The first-order valence-electron chi connectivity index (χ1n) is 5.75. The fraction of sp³-hybridized carbons (Fsp3) is 0.333. The SMILES string of the molecule is CCn1nc(C)c(N)c1C(=O)NCc1ccsc1. The normalized spacial score (nSPS) is 10.6. The van der Waals surface area contributed by atoms with Crippen molar-refractivity contribution in [3.63, 3.8) is 0 Å². The molecule has 0 spiro atoms. The third-order valence-electron chi connectivity index (χ3n) is 2.72. The highest BCUT2D eigenvalue weighted by atomic mass is 32.1. The summed E-state index contributed by atoms with van der Waals surface area (Å²) in [6.45, 7) is 4.87. The van der Waals surface area contributed by atoms with Crippen molar-refractivity contribution < 1.29 is 4.79 Å². The van der Waals surface area contributed by atoms with E-state index in [1.54, 1.807) is 22.9 Å². The minimum absolute atomic E-state index is 0.179. The molecule has 96 valence electrons. The number of nitrogens with one attached hydrogen (secondary N) is 1. The predicted molar refractivity (Wildman–Crippen MR) is 72.5 cm³/mol. The molecule has 0 aliphatic heterocycles. The third kappa shape index (κ3) is 2.38. The van der Waals surface area contributed by atoms with Gasteiger partial charge in [-0.15, -0.1) is 0 Å². The largest absolute Gasteiger partial charge is 0.395 e. The van der Waals surface area contributed by atoms with Gasteiger partial charge in [0.1, 0.15) is 5.69 Å². The monoisotopic (exact) mass is 264 g/mol. The molecule has 5 nitrogen and oxygen atoms in total. The molecule has 2 heterocycles. The van der Waals surface area contributed by atoms with E-state index in [2.05, 4.69) is 10.4 Å². The third-order valence-corrected chi connectivity index (χ3v) is 3.45. The molecule has 3 N–H and O–H groups in total. The summed E-state index contributed by atoms with van der Waals surface area (Å²) in [5.41, 5.74) is 8.58. The van der Waals surface area contributed by atoms with Crippen LogP contribution in [0, 0.1) is 6.92 Å². The number of carbonyl (C=O) groups is 1. The fourth-order valence-electron chi connectivity index (χ4n) is 1.72. The molecule has 2 aromatic rings. The first kappa shape index (κ1) is 12.6. The molecule has 0 atom stereocenters. The number of hydrogen-bond acceptors (Lipinski definition) is 4. The van der Waals surface area contributed by atoms with E-state index in [1.807, 2.05) is 23.8 Å². The van der Waals surface area contributed by atoms with Gasteiger partial charge in [-0.05, 0) is 36.2 Å². The summed E-state index contributed by atoms with van der Waals surface area (Å²) >= 11 is 1.61. The van der Waals surface area contributed by atoms with E-state index in [1.165, 1.54) is 0 Å². The van der Waals surface area contributed by atoms with E-state index in [4.69, 9.17) is 5.73 Å². The number of nitrogens with zero attached hydrogens (tertiary/aromatic N) is 2. The average Bonchev–Trinajstić information content (AvgIpc) is 2.96. The molecular formula is C12H16N4OS. The van der Waals surface area contributed by atoms with Crippen LogP contribution in [-0.4, -0.2) is 15.7 Å². The predicted octanol–water partition coefficient (Wildman–Crippen LogP) is 1.79. The number of rotatable bonds is 4. The van der Waals surface area contributed by atoms with Crippen LogP contribution in [0.5, 0.6) is 0 Å². The minimum atomic E-state index is -0.179. The Hall–Kier alpha value is -1.82. The van der Waals surface area contributed by atoms with Gasteiger partial charge in [0.15, 0.2) is 0 Å². The Labute approximate surface area is 110 Å². The zero-order valence-electron chi connectivity index (χ0n) is 10.4. The number of nitrogen functional groups attached to an aromatic ring is 1. The fourth-order valence-corrected chi connectivity index (χ4v) is 2.39. The topological polar surface area (TPSA) is 72.9 Å². The molecule has 18 heavy (non-hydrogen) atoms. The number of aryl methyl sites for hydroxylation is 2. The van der Waals surface area contributed by atoms with Gasteiger partial charge in [-0.3, -0.25) is 9.48 Å². The first-order chi connectivity index (χ1) is 8.63. The summed E-state index contributed by atoms with van der Waals surface area (Å²) in [6.07, 6.45) is 0. The van der Waals surface area contributed by atoms with Crippen LogP contribution in [0.2, 0.25) is 0 Å². The highest BCUT2D eigenvalue weighted by Crippen LogP contribution is 2.16. The second kappa shape index (κ2) is 5.22. The van der Waals surface area contributed by atoms with Crippen LogP contribution in [0.3, 0.4) is 0 Å². The Morgan fingerprint density at radius 2 is 2.39 bits per heavy atom. The van der Waals surface area contributed by atoms with E-state index in [-0.39, 0.29) is 5.91 Å². The summed E-state index contributed by atoms with van der Waals surface area (Å²) in [5, 5.41) is 11.1. The van der Waals surface area contributed by atoms with Gasteiger partial charge in [-0.2, -0.15) is 16.4 Å². The smallest absolute Gasteiger partial charge is 0.271 e. The molecule has 0 unspecified atom stereocenters. The molecule has 6 heteroatoms. The Balaban J connectivity index is 2.13. The number of thiophene rings is 1. The summed E-state index contributed by atoms with van der Waals surface area (Å²) in [4.78, 5) is 12.1. The summed E-state index contributed by atoms with van der Waals surface area (Å²) in [5.74, 6) is -0.179. The van der Waals surface area contributed by atoms with Gasteiger partial charge >= 0.3 is 0 Å². The molecule has 1 amide bonds. The molecule has 0 saturated carbocycles. The lowest BCUT2D eigenvalue weighted by Crippen LogP contribution is -2.26. The number of amides is 1. The van der Waals surface area contributed by atoms with Gasteiger partial charge < -0.3 is 11.1 Å². The Morgan fingerprint density at radius 1 is 1.61 bits per heavy atom. The van der Waals surface area contributed by atoms with Gasteiger partial charge in [0.05, 0.1) is 11.4 Å². The van der Waals surface area contributed by atoms with Crippen molar-refractivity contribution in [2.75, 3.05) is 5.73 Å². The highest BCUT2D eigenvalue weighted by Gasteiger charge is 2.18.